The van der Waals surface area contributed by atoms with Crippen LogP contribution in [-0.4, -0.2) is 5.78 Å². The molecule has 0 saturated heterocycles. The molecule has 3 unspecified atom stereocenters. The minimum atomic E-state index is 0.0954. The number of hydrogen-bond acceptors (Lipinski definition) is 1. The Morgan fingerprint density at radius 2 is 2.14 bits per heavy atom. The third-order valence-electron chi connectivity index (χ3n) is 3.89. The van der Waals surface area contributed by atoms with E-state index in [0.29, 0.717) is 24.0 Å². The van der Waals surface area contributed by atoms with Gasteiger partial charge in [-0.25, -0.2) is 0 Å². The highest BCUT2D eigenvalue weighted by molar-refractivity contribution is 5.86. The number of fused-ring (bicyclic) bond motifs is 2. The lowest BCUT2D eigenvalue weighted by molar-refractivity contribution is -0.131. The summed E-state index contributed by atoms with van der Waals surface area (Å²) in [5, 5.41) is 0. The molecule has 2 rings (SSSR count). The molecule has 0 aromatic heterocycles. The smallest absolute Gasteiger partial charge is 0.141 e. The van der Waals surface area contributed by atoms with Crippen LogP contribution in [-0.2, 0) is 4.79 Å². The molecule has 2 aliphatic rings. The molecule has 3 atom stereocenters. The first-order chi connectivity index (χ1) is 6.43. The fourth-order valence-electron chi connectivity index (χ4n) is 3.20. The molecular formula is C13H18O. The average Bonchev–Trinajstić information content (AvgIpc) is 1.99. The quantitative estimate of drug-likeness (QED) is 0.574. The Morgan fingerprint density at radius 1 is 1.50 bits per heavy atom. The second kappa shape index (κ2) is 2.82. The molecule has 76 valence electrons. The predicted octanol–water partition coefficient (Wildman–Crippen LogP) is 2.98. The number of Topliss-reactive ketones (excluding diaryl/α,β-unsaturated/α-hetero) is 1. The molecule has 2 bridgehead atoms. The number of rotatable bonds is 0. The summed E-state index contributed by atoms with van der Waals surface area (Å²) in [5.74, 6) is 1.45. The zero-order valence-corrected chi connectivity index (χ0v) is 9.21. The van der Waals surface area contributed by atoms with Crippen molar-refractivity contribution in [1.29, 1.82) is 0 Å². The van der Waals surface area contributed by atoms with Crippen molar-refractivity contribution in [1.82, 2.24) is 0 Å². The Hall–Kier alpha value is -0.850. The molecule has 0 aromatic rings. The standard InChI is InChI=1S/C13H18O/c1-8-5-6-10-9(2)12(8)11(14)7-13(10,3)4/h5-6,9-10,12H,1,7H2,2-4H3. The van der Waals surface area contributed by atoms with E-state index in [1.54, 1.807) is 0 Å². The summed E-state index contributed by atoms with van der Waals surface area (Å²) in [4.78, 5) is 11.9. The van der Waals surface area contributed by atoms with E-state index in [9.17, 15) is 4.79 Å². The largest absolute Gasteiger partial charge is 0.299 e. The number of ketones is 1. The minimum Gasteiger partial charge on any atom is -0.299 e. The van der Waals surface area contributed by atoms with Gasteiger partial charge in [-0.1, -0.05) is 39.5 Å². The first-order valence-corrected chi connectivity index (χ1v) is 5.33. The highest BCUT2D eigenvalue weighted by Crippen LogP contribution is 2.50. The Balaban J connectivity index is 2.46. The van der Waals surface area contributed by atoms with Gasteiger partial charge in [0.2, 0.25) is 0 Å². The second-order valence-electron chi connectivity index (χ2n) is 5.43. The fourth-order valence-corrected chi connectivity index (χ4v) is 3.20. The maximum Gasteiger partial charge on any atom is 0.141 e. The summed E-state index contributed by atoms with van der Waals surface area (Å²) in [6.07, 6.45) is 5.00. The molecule has 0 amide bonds. The summed E-state index contributed by atoms with van der Waals surface area (Å²) in [6.45, 7) is 10.5. The Kier molecular flexibility index (Phi) is 1.95. The molecular weight excluding hydrogens is 172 g/mol. The zero-order chi connectivity index (χ0) is 10.5. The maximum absolute atomic E-state index is 11.9. The zero-order valence-electron chi connectivity index (χ0n) is 9.21. The van der Waals surface area contributed by atoms with Crippen molar-refractivity contribution in [3.63, 3.8) is 0 Å². The van der Waals surface area contributed by atoms with Crippen LogP contribution in [0.1, 0.15) is 27.2 Å². The molecule has 14 heavy (non-hydrogen) atoms. The van der Waals surface area contributed by atoms with Gasteiger partial charge in [0.05, 0.1) is 0 Å². The SMILES string of the molecule is C=C1C=CC2C(C)C1C(=O)CC2(C)C. The molecule has 0 heterocycles. The number of hydrogen-bond donors (Lipinski definition) is 0. The maximum atomic E-state index is 11.9. The third kappa shape index (κ3) is 1.18. The number of allylic oxidation sites excluding steroid dienone is 3. The van der Waals surface area contributed by atoms with Gasteiger partial charge in [-0.15, -0.1) is 0 Å². The highest BCUT2D eigenvalue weighted by Gasteiger charge is 2.47. The van der Waals surface area contributed by atoms with Crippen molar-refractivity contribution in [3.8, 4) is 0 Å². The summed E-state index contributed by atoms with van der Waals surface area (Å²) in [7, 11) is 0. The molecule has 0 spiro atoms. The normalized spacial score (nSPS) is 40.1. The Bertz CT molecular complexity index is 322. The van der Waals surface area contributed by atoms with Crippen LogP contribution in [0.5, 0.6) is 0 Å². The van der Waals surface area contributed by atoms with Crippen LogP contribution >= 0.6 is 0 Å². The van der Waals surface area contributed by atoms with Crippen molar-refractivity contribution in [2.75, 3.05) is 0 Å². The van der Waals surface area contributed by atoms with Gasteiger partial charge in [0.15, 0.2) is 0 Å². The minimum absolute atomic E-state index is 0.0954. The van der Waals surface area contributed by atoms with Gasteiger partial charge in [-0.3, -0.25) is 4.79 Å². The van der Waals surface area contributed by atoms with Crippen molar-refractivity contribution < 1.29 is 4.79 Å². The lowest BCUT2D eigenvalue weighted by Crippen LogP contribution is -2.45. The van der Waals surface area contributed by atoms with Crippen LogP contribution in [0.4, 0.5) is 0 Å². The molecule has 1 fully saturated rings. The van der Waals surface area contributed by atoms with E-state index in [1.807, 2.05) is 6.08 Å². The van der Waals surface area contributed by atoms with Crippen molar-refractivity contribution in [2.45, 2.75) is 27.2 Å². The molecule has 0 aromatic carbocycles. The molecule has 0 radical (unpaired) electrons. The van der Waals surface area contributed by atoms with Gasteiger partial charge in [-0.05, 0) is 22.8 Å². The lowest BCUT2D eigenvalue weighted by atomic mass is 9.56. The van der Waals surface area contributed by atoms with Gasteiger partial charge in [0.1, 0.15) is 5.78 Å². The summed E-state index contributed by atoms with van der Waals surface area (Å²) in [5.41, 5.74) is 1.14. The molecule has 1 heteroatoms. The Labute approximate surface area is 85.9 Å². The lowest BCUT2D eigenvalue weighted by Gasteiger charge is -2.47. The molecule has 0 aliphatic heterocycles. The summed E-state index contributed by atoms with van der Waals surface area (Å²) < 4.78 is 0. The van der Waals surface area contributed by atoms with E-state index < -0.39 is 0 Å². The second-order valence-corrected chi connectivity index (χ2v) is 5.43. The molecule has 1 nitrogen and oxygen atoms in total. The van der Waals surface area contributed by atoms with E-state index in [2.05, 4.69) is 33.4 Å². The van der Waals surface area contributed by atoms with Crippen LogP contribution in [0.2, 0.25) is 0 Å². The topological polar surface area (TPSA) is 17.1 Å². The Morgan fingerprint density at radius 3 is 2.79 bits per heavy atom. The monoisotopic (exact) mass is 190 g/mol. The average molecular weight is 190 g/mol. The van der Waals surface area contributed by atoms with Crippen LogP contribution < -0.4 is 0 Å². The van der Waals surface area contributed by atoms with Crippen LogP contribution in [0.3, 0.4) is 0 Å². The van der Waals surface area contributed by atoms with E-state index in [-0.39, 0.29) is 11.3 Å². The molecule has 0 N–H and O–H groups in total. The highest BCUT2D eigenvalue weighted by atomic mass is 16.1. The predicted molar refractivity (Wildman–Crippen MR) is 57.8 cm³/mol. The van der Waals surface area contributed by atoms with E-state index in [1.165, 1.54) is 0 Å². The van der Waals surface area contributed by atoms with Crippen molar-refractivity contribution in [2.24, 2.45) is 23.2 Å². The van der Waals surface area contributed by atoms with Crippen LogP contribution in [0.25, 0.3) is 0 Å². The summed E-state index contributed by atoms with van der Waals surface area (Å²) in [6, 6.07) is 0. The van der Waals surface area contributed by atoms with Crippen LogP contribution in [0.15, 0.2) is 24.3 Å². The van der Waals surface area contributed by atoms with E-state index in [4.69, 9.17) is 0 Å². The van der Waals surface area contributed by atoms with Gasteiger partial charge >= 0.3 is 0 Å². The van der Waals surface area contributed by atoms with Crippen LogP contribution in [0, 0.1) is 23.2 Å². The first kappa shape index (κ1) is 9.70. The number of carbonyl (C=O) groups is 1. The van der Waals surface area contributed by atoms with Gasteiger partial charge in [0.25, 0.3) is 0 Å². The fraction of sp³-hybridized carbons (Fsp3) is 0.615. The number of carbonyl (C=O) groups excluding carboxylic acids is 1. The van der Waals surface area contributed by atoms with Gasteiger partial charge in [0, 0.05) is 12.3 Å². The van der Waals surface area contributed by atoms with Crippen molar-refractivity contribution in [3.05, 3.63) is 24.3 Å². The molecule has 1 saturated carbocycles. The first-order valence-electron chi connectivity index (χ1n) is 5.33. The van der Waals surface area contributed by atoms with Gasteiger partial charge < -0.3 is 0 Å². The van der Waals surface area contributed by atoms with E-state index >= 15 is 0 Å². The van der Waals surface area contributed by atoms with E-state index in [0.717, 1.165) is 5.57 Å². The summed E-state index contributed by atoms with van der Waals surface area (Å²) >= 11 is 0. The van der Waals surface area contributed by atoms with Crippen molar-refractivity contribution >= 4 is 5.78 Å². The van der Waals surface area contributed by atoms with Gasteiger partial charge in [-0.2, -0.15) is 0 Å². The molecule has 2 aliphatic carbocycles. The third-order valence-corrected chi connectivity index (χ3v) is 3.89.